The fourth-order valence-electron chi connectivity index (χ4n) is 0.471. The van der Waals surface area contributed by atoms with E-state index in [1.165, 1.54) is 5.56 Å². The zero-order chi connectivity index (χ0) is 5.11. The molecule has 0 aliphatic carbocycles. The van der Waals surface area contributed by atoms with E-state index in [4.69, 9.17) is 0 Å². The zero-order valence-corrected chi connectivity index (χ0v) is 5.52. The third-order valence-electron chi connectivity index (χ3n) is 0.963. The van der Waals surface area contributed by atoms with Crippen LogP contribution in [0.1, 0.15) is 12.5 Å². The average Bonchev–Trinajstić information content (AvgIpc) is 2.14. The van der Waals surface area contributed by atoms with Crippen molar-refractivity contribution in [2.45, 2.75) is 13.3 Å². The van der Waals surface area contributed by atoms with Crippen molar-refractivity contribution in [3.05, 3.63) is 18.0 Å². The molecule has 0 aromatic carbocycles. The van der Waals surface area contributed by atoms with Crippen molar-refractivity contribution in [1.29, 1.82) is 0 Å². The van der Waals surface area contributed by atoms with Crippen molar-refractivity contribution in [2.24, 2.45) is 0 Å². The first-order valence-corrected chi connectivity index (χ1v) is 2.41. The summed E-state index contributed by atoms with van der Waals surface area (Å²) >= 11 is 0. The van der Waals surface area contributed by atoms with Crippen molar-refractivity contribution in [3.8, 4) is 0 Å². The van der Waals surface area contributed by atoms with Gasteiger partial charge in [0.15, 0.2) is 0 Å². The van der Waals surface area contributed by atoms with Gasteiger partial charge in [-0.1, -0.05) is 6.92 Å². The minimum Gasteiger partial charge on any atom is -0.412 e. The molecule has 6 N–H and O–H groups in total. The van der Waals surface area contributed by atoms with E-state index in [0.717, 1.165) is 6.42 Å². The van der Waals surface area contributed by atoms with Gasteiger partial charge >= 0.3 is 0 Å². The first-order valence-electron chi connectivity index (χ1n) is 2.41. The second-order valence-corrected chi connectivity index (χ2v) is 1.46. The second kappa shape index (κ2) is 5.27. The molecule has 1 aromatic heterocycles. The van der Waals surface area contributed by atoms with E-state index in [0.29, 0.717) is 0 Å². The van der Waals surface area contributed by atoms with Crippen LogP contribution in [0.3, 0.4) is 0 Å². The second-order valence-electron chi connectivity index (χ2n) is 1.46. The third-order valence-corrected chi connectivity index (χ3v) is 0.963. The molecule has 0 amide bonds. The summed E-state index contributed by atoms with van der Waals surface area (Å²) in [6.45, 7) is 2.10. The Morgan fingerprint density at radius 1 is 1.67 bits per heavy atom. The number of rotatable bonds is 1. The van der Waals surface area contributed by atoms with Crippen molar-refractivity contribution < 1.29 is 5.48 Å². The third kappa shape index (κ3) is 2.84. The maximum Gasteiger partial charge on any atom is 0.0519 e. The Morgan fingerprint density at radius 2 is 2.33 bits per heavy atom. The summed E-state index contributed by atoms with van der Waals surface area (Å²) in [6.07, 6.45) is 4.80. The molecule has 1 heterocycles. The van der Waals surface area contributed by atoms with Crippen LogP contribution in [0.5, 0.6) is 0 Å². The monoisotopic (exact) mass is 131 g/mol. The van der Waals surface area contributed by atoms with Crippen molar-refractivity contribution in [1.82, 2.24) is 16.3 Å². The number of aromatic nitrogens is 2. The molecule has 4 heteroatoms. The van der Waals surface area contributed by atoms with Crippen LogP contribution in [0.2, 0.25) is 0 Å². The number of hydrogen-bond donors (Lipinski definition) is 2. The first-order chi connectivity index (χ1) is 3.43. The smallest absolute Gasteiger partial charge is 0.0519 e. The quantitative estimate of drug-likeness (QED) is 0.573. The molecular formula is C5H13N3O. The molecule has 0 saturated heterocycles. The van der Waals surface area contributed by atoms with Crippen LogP contribution in [0, 0.1) is 0 Å². The van der Waals surface area contributed by atoms with E-state index in [1.54, 1.807) is 0 Å². The van der Waals surface area contributed by atoms with Gasteiger partial charge in [0.2, 0.25) is 0 Å². The zero-order valence-electron chi connectivity index (χ0n) is 5.52. The average molecular weight is 131 g/mol. The van der Waals surface area contributed by atoms with Crippen molar-refractivity contribution in [3.63, 3.8) is 0 Å². The van der Waals surface area contributed by atoms with E-state index < -0.39 is 0 Å². The number of H-pyrrole nitrogens is 1. The lowest BCUT2D eigenvalue weighted by molar-refractivity contribution is 0.824. The van der Waals surface area contributed by atoms with Gasteiger partial charge in [-0.3, -0.25) is 5.10 Å². The lowest BCUT2D eigenvalue weighted by Gasteiger charge is -1.76. The van der Waals surface area contributed by atoms with Gasteiger partial charge in [-0.2, -0.15) is 5.10 Å². The molecular weight excluding hydrogens is 118 g/mol. The van der Waals surface area contributed by atoms with Crippen LogP contribution in [-0.2, 0) is 6.42 Å². The van der Waals surface area contributed by atoms with Crippen LogP contribution < -0.4 is 6.15 Å². The van der Waals surface area contributed by atoms with Crippen LogP contribution in [0.15, 0.2) is 12.4 Å². The molecule has 0 bridgehead atoms. The van der Waals surface area contributed by atoms with Gasteiger partial charge in [-0.15, -0.1) is 0 Å². The Bertz CT molecular complexity index is 127. The number of nitrogens with zero attached hydrogens (tertiary/aromatic N) is 1. The normalized spacial score (nSPS) is 7.22. The molecule has 4 nitrogen and oxygen atoms in total. The van der Waals surface area contributed by atoms with E-state index in [9.17, 15) is 0 Å². The minimum atomic E-state index is 0. The molecule has 54 valence electrons. The highest BCUT2D eigenvalue weighted by atomic mass is 16.0. The molecule has 0 spiro atoms. The maximum atomic E-state index is 3.77. The van der Waals surface area contributed by atoms with Crippen LogP contribution in [0.4, 0.5) is 0 Å². The fraction of sp³-hybridized carbons (Fsp3) is 0.400. The molecule has 0 aliphatic heterocycles. The molecule has 9 heavy (non-hydrogen) atoms. The standard InChI is InChI=1S/C5H8N2.H3N.H2O/c1-2-5-3-6-7-4-5;;/h3-4H,2H2,1H3,(H,6,7);1H3;1H2. The SMILES string of the molecule is CCc1cn[nH]c1.N.O. The molecule has 1 aromatic rings. The molecule has 0 atom stereocenters. The van der Waals surface area contributed by atoms with Crippen molar-refractivity contribution >= 4 is 0 Å². The van der Waals surface area contributed by atoms with Crippen LogP contribution in [0.25, 0.3) is 0 Å². The van der Waals surface area contributed by atoms with E-state index in [-0.39, 0.29) is 11.6 Å². The highest BCUT2D eigenvalue weighted by molar-refractivity contribution is 5.00. The van der Waals surface area contributed by atoms with Crippen molar-refractivity contribution in [2.75, 3.05) is 0 Å². The predicted molar refractivity (Wildman–Crippen MR) is 36.6 cm³/mol. The summed E-state index contributed by atoms with van der Waals surface area (Å²) in [5.41, 5.74) is 1.26. The van der Waals surface area contributed by atoms with Gasteiger partial charge in [0.1, 0.15) is 0 Å². The number of aromatic amines is 1. The van der Waals surface area contributed by atoms with Crippen LogP contribution in [-0.4, -0.2) is 15.7 Å². The summed E-state index contributed by atoms with van der Waals surface area (Å²) in [4.78, 5) is 0. The largest absolute Gasteiger partial charge is 0.412 e. The maximum absolute atomic E-state index is 3.77. The summed E-state index contributed by atoms with van der Waals surface area (Å²) in [5, 5.41) is 6.50. The van der Waals surface area contributed by atoms with Gasteiger partial charge in [0.05, 0.1) is 6.20 Å². The molecule has 0 aliphatic rings. The Labute approximate surface area is 54.2 Å². The predicted octanol–water partition coefficient (Wildman–Crippen LogP) is 0.309. The minimum absolute atomic E-state index is 0. The fourth-order valence-corrected chi connectivity index (χ4v) is 0.471. The topological polar surface area (TPSA) is 95.2 Å². The lowest BCUT2D eigenvalue weighted by Crippen LogP contribution is -1.67. The molecule has 0 saturated carbocycles. The Kier molecular flexibility index (Phi) is 6.44. The number of nitrogens with one attached hydrogen (secondary N) is 1. The molecule has 0 unspecified atom stereocenters. The van der Waals surface area contributed by atoms with E-state index in [1.807, 2.05) is 12.4 Å². The lowest BCUT2D eigenvalue weighted by atomic mass is 10.3. The molecule has 0 radical (unpaired) electrons. The highest BCUT2D eigenvalue weighted by Gasteiger charge is 1.82. The van der Waals surface area contributed by atoms with Crippen LogP contribution >= 0.6 is 0 Å². The molecule has 0 fully saturated rings. The number of hydrogen-bond acceptors (Lipinski definition) is 2. The van der Waals surface area contributed by atoms with Gasteiger partial charge in [0, 0.05) is 6.20 Å². The highest BCUT2D eigenvalue weighted by Crippen LogP contribution is 1.91. The molecule has 1 rings (SSSR count). The summed E-state index contributed by atoms with van der Waals surface area (Å²) < 4.78 is 0. The van der Waals surface area contributed by atoms with E-state index in [2.05, 4.69) is 17.1 Å². The summed E-state index contributed by atoms with van der Waals surface area (Å²) in [7, 11) is 0. The first kappa shape index (κ1) is 11.0. The van der Waals surface area contributed by atoms with E-state index >= 15 is 0 Å². The van der Waals surface area contributed by atoms with Gasteiger partial charge < -0.3 is 11.6 Å². The summed E-state index contributed by atoms with van der Waals surface area (Å²) in [6, 6.07) is 0. The Balaban J connectivity index is 0. The van der Waals surface area contributed by atoms with Gasteiger partial charge in [-0.05, 0) is 12.0 Å². The van der Waals surface area contributed by atoms with Gasteiger partial charge in [0.25, 0.3) is 0 Å². The Hall–Kier alpha value is -0.870. The summed E-state index contributed by atoms with van der Waals surface area (Å²) in [5.74, 6) is 0. The van der Waals surface area contributed by atoms with Gasteiger partial charge in [-0.25, -0.2) is 0 Å². The number of aryl methyl sites for hydroxylation is 1. The Morgan fingerprint density at radius 3 is 2.56 bits per heavy atom.